The molecule has 3 aromatic heterocycles. The molecule has 8 nitrogen and oxygen atoms in total. The van der Waals surface area contributed by atoms with Gasteiger partial charge in [-0.2, -0.15) is 0 Å². The molecule has 11 heteroatoms. The van der Waals surface area contributed by atoms with E-state index in [-0.39, 0.29) is 5.69 Å². The van der Waals surface area contributed by atoms with Crippen LogP contribution in [0, 0.1) is 6.92 Å². The summed E-state index contributed by atoms with van der Waals surface area (Å²) in [6, 6.07) is 9.30. The van der Waals surface area contributed by atoms with Gasteiger partial charge in [0.15, 0.2) is 11.5 Å². The summed E-state index contributed by atoms with van der Waals surface area (Å²) >= 11 is 0. The number of nitrogens with one attached hydrogen (secondary N) is 3. The lowest BCUT2D eigenvalue weighted by Crippen LogP contribution is -2.50. The Balaban J connectivity index is 1.69. The van der Waals surface area contributed by atoms with E-state index in [0.717, 1.165) is 24.0 Å². The number of anilines is 4. The average Bonchev–Trinajstić information content (AvgIpc) is 3.52. The highest BCUT2D eigenvalue weighted by Gasteiger charge is 2.27. The van der Waals surface area contributed by atoms with E-state index in [1.54, 1.807) is 18.5 Å². The SMILES string of the molecule is [B]C([B])([B])NC(=O)c1nnc(Nc2cc(C)ccn2)cc1Nc1ncccc1C1CC1. The normalized spacial score (nSPS) is 13.5. The van der Waals surface area contributed by atoms with Crippen molar-refractivity contribution in [1.29, 1.82) is 0 Å². The molecule has 0 atom stereocenters. The molecule has 0 bridgehead atoms. The molecule has 148 valence electrons. The van der Waals surface area contributed by atoms with Gasteiger partial charge in [-0.3, -0.25) is 4.79 Å². The summed E-state index contributed by atoms with van der Waals surface area (Å²) in [6.07, 6.45) is 5.57. The van der Waals surface area contributed by atoms with Crippen LogP contribution in [-0.2, 0) is 0 Å². The van der Waals surface area contributed by atoms with Crippen molar-refractivity contribution in [2.24, 2.45) is 0 Å². The van der Waals surface area contributed by atoms with E-state index in [0.29, 0.717) is 29.1 Å². The smallest absolute Gasteiger partial charge is 0.272 e. The van der Waals surface area contributed by atoms with Gasteiger partial charge < -0.3 is 16.0 Å². The minimum atomic E-state index is -1.90. The van der Waals surface area contributed by atoms with Gasteiger partial charge >= 0.3 is 0 Å². The molecule has 3 N–H and O–H groups in total. The fourth-order valence-electron chi connectivity index (χ4n) is 3.08. The first-order valence-corrected chi connectivity index (χ1v) is 9.77. The fourth-order valence-corrected chi connectivity index (χ4v) is 3.08. The Hall–Kier alpha value is -3.36. The van der Waals surface area contributed by atoms with Crippen molar-refractivity contribution in [3.05, 3.63) is 59.5 Å². The zero-order valence-electron chi connectivity index (χ0n) is 17.0. The fraction of sp³-hybridized carbons (Fsp3) is 0.250. The molecule has 1 saturated carbocycles. The van der Waals surface area contributed by atoms with Crippen LogP contribution in [0.1, 0.15) is 40.4 Å². The topological polar surface area (TPSA) is 105 Å². The molecular weight excluding hydrogens is 387 g/mol. The Bertz CT molecular complexity index is 1120. The van der Waals surface area contributed by atoms with Crippen LogP contribution in [0.25, 0.3) is 0 Å². The van der Waals surface area contributed by atoms with Crippen LogP contribution in [-0.4, -0.2) is 54.8 Å². The largest absolute Gasteiger partial charge is 0.370 e. The number of aromatic nitrogens is 4. The lowest BCUT2D eigenvalue weighted by Gasteiger charge is -2.22. The van der Waals surface area contributed by atoms with E-state index in [4.69, 9.17) is 23.5 Å². The summed E-state index contributed by atoms with van der Waals surface area (Å²) in [7, 11) is 16.6. The van der Waals surface area contributed by atoms with Crippen molar-refractivity contribution >= 4 is 52.6 Å². The monoisotopic (exact) mass is 405 g/mol. The van der Waals surface area contributed by atoms with Crippen LogP contribution in [0.4, 0.5) is 23.1 Å². The third-order valence-corrected chi connectivity index (χ3v) is 4.62. The zero-order valence-corrected chi connectivity index (χ0v) is 17.0. The molecule has 31 heavy (non-hydrogen) atoms. The number of pyridine rings is 2. The van der Waals surface area contributed by atoms with Crippen LogP contribution in [0.15, 0.2) is 42.7 Å². The Morgan fingerprint density at radius 2 is 1.84 bits per heavy atom. The number of carbonyl (C=O) groups excluding carboxylic acids is 1. The second-order valence-corrected chi connectivity index (χ2v) is 7.56. The highest BCUT2D eigenvalue weighted by atomic mass is 16.2. The predicted octanol–water partition coefficient (Wildman–Crippen LogP) is 1.79. The summed E-state index contributed by atoms with van der Waals surface area (Å²) in [4.78, 5) is 21.4. The summed E-state index contributed by atoms with van der Waals surface area (Å²) < 4.78 is 0. The highest BCUT2D eigenvalue weighted by molar-refractivity contribution is 6.60. The Morgan fingerprint density at radius 1 is 1.03 bits per heavy atom. The lowest BCUT2D eigenvalue weighted by atomic mass is 9.49. The van der Waals surface area contributed by atoms with Crippen molar-refractivity contribution < 1.29 is 4.79 Å². The maximum atomic E-state index is 12.7. The van der Waals surface area contributed by atoms with E-state index in [1.165, 1.54) is 0 Å². The van der Waals surface area contributed by atoms with Crippen molar-refractivity contribution in [3.8, 4) is 0 Å². The van der Waals surface area contributed by atoms with Gasteiger partial charge in [0, 0.05) is 18.5 Å². The molecule has 1 fully saturated rings. The highest BCUT2D eigenvalue weighted by Crippen LogP contribution is 2.43. The van der Waals surface area contributed by atoms with Gasteiger partial charge in [-0.05, 0) is 55.0 Å². The third-order valence-electron chi connectivity index (χ3n) is 4.62. The van der Waals surface area contributed by atoms with Gasteiger partial charge in [0.2, 0.25) is 0 Å². The van der Waals surface area contributed by atoms with Crippen molar-refractivity contribution in [3.63, 3.8) is 0 Å². The van der Waals surface area contributed by atoms with E-state index in [1.807, 2.05) is 31.2 Å². The number of hydrogen-bond acceptors (Lipinski definition) is 7. The van der Waals surface area contributed by atoms with Crippen LogP contribution in [0.5, 0.6) is 0 Å². The van der Waals surface area contributed by atoms with Gasteiger partial charge in [-0.25, -0.2) is 9.97 Å². The summed E-state index contributed by atoms with van der Waals surface area (Å²) in [6.45, 7) is 1.96. The molecule has 6 radical (unpaired) electrons. The molecule has 1 amide bonds. The number of carbonyl (C=O) groups is 1. The number of rotatable bonds is 7. The molecule has 3 aromatic rings. The first kappa shape index (κ1) is 20.9. The number of aryl methyl sites for hydroxylation is 1. The summed E-state index contributed by atoms with van der Waals surface area (Å²) in [5.74, 6) is 1.40. The van der Waals surface area contributed by atoms with Gasteiger partial charge in [-0.1, -0.05) is 11.3 Å². The number of hydrogen-bond donors (Lipinski definition) is 3. The second-order valence-electron chi connectivity index (χ2n) is 7.56. The molecule has 1 aliphatic carbocycles. The van der Waals surface area contributed by atoms with Crippen LogP contribution in [0.3, 0.4) is 0 Å². The minimum absolute atomic E-state index is 0.0270. The van der Waals surface area contributed by atoms with E-state index >= 15 is 0 Å². The molecule has 4 rings (SSSR count). The van der Waals surface area contributed by atoms with Crippen molar-refractivity contribution in [1.82, 2.24) is 25.5 Å². The van der Waals surface area contributed by atoms with E-state index in [2.05, 4.69) is 36.1 Å². The van der Waals surface area contributed by atoms with Gasteiger partial charge in [0.25, 0.3) is 5.91 Å². The first-order chi connectivity index (χ1) is 14.8. The maximum absolute atomic E-state index is 12.7. The number of amides is 1. The molecule has 1 aliphatic rings. The van der Waals surface area contributed by atoms with Crippen molar-refractivity contribution in [2.75, 3.05) is 10.6 Å². The number of nitrogens with zero attached hydrogens (tertiary/aromatic N) is 4. The lowest BCUT2D eigenvalue weighted by molar-refractivity contribution is 0.0947. The summed E-state index contributed by atoms with van der Waals surface area (Å²) in [5.41, 5.74) is 2.45. The van der Waals surface area contributed by atoms with Crippen molar-refractivity contribution in [2.45, 2.75) is 30.9 Å². The molecular formula is C20H18B3N7O. The van der Waals surface area contributed by atoms with Gasteiger partial charge in [0.1, 0.15) is 11.6 Å². The Labute approximate surface area is 184 Å². The predicted molar refractivity (Wildman–Crippen MR) is 121 cm³/mol. The van der Waals surface area contributed by atoms with Gasteiger partial charge in [0.05, 0.1) is 29.2 Å². The molecule has 0 unspecified atom stereocenters. The Morgan fingerprint density at radius 3 is 2.55 bits per heavy atom. The average molecular weight is 405 g/mol. The second kappa shape index (κ2) is 8.41. The third kappa shape index (κ3) is 5.42. The van der Waals surface area contributed by atoms with Gasteiger partial charge in [-0.15, -0.1) is 10.2 Å². The summed E-state index contributed by atoms with van der Waals surface area (Å²) in [5, 5.41) is 14.8. The minimum Gasteiger partial charge on any atom is -0.370 e. The van der Waals surface area contributed by atoms with E-state index < -0.39 is 11.1 Å². The quantitative estimate of drug-likeness (QED) is 0.515. The van der Waals surface area contributed by atoms with Crippen LogP contribution >= 0.6 is 0 Å². The van der Waals surface area contributed by atoms with E-state index in [9.17, 15) is 4.79 Å². The van der Waals surface area contributed by atoms with Crippen LogP contribution < -0.4 is 16.0 Å². The molecule has 0 spiro atoms. The molecule has 0 aliphatic heterocycles. The van der Waals surface area contributed by atoms with Crippen LogP contribution in [0.2, 0.25) is 0 Å². The maximum Gasteiger partial charge on any atom is 0.272 e. The zero-order chi connectivity index (χ0) is 22.0. The molecule has 3 heterocycles. The first-order valence-electron chi connectivity index (χ1n) is 9.77. The Kier molecular flexibility index (Phi) is 5.67. The molecule has 0 saturated heterocycles. The standard InChI is InChI=1S/C20H18B3N7O/c1-11-6-8-24-15(9-11)27-16-10-14(17(30-29-16)19(31)28-20(21,22)23)26-18-13(12-4-5-12)3-2-7-25-18/h2-3,6-10,12H,4-5H2,1H3,(H,28,31)(H2,24,25,26,27,29). The molecule has 0 aromatic carbocycles.